The fourth-order valence-corrected chi connectivity index (χ4v) is 11.6. The van der Waals surface area contributed by atoms with Gasteiger partial charge in [-0.25, -0.2) is 0 Å². The van der Waals surface area contributed by atoms with Gasteiger partial charge in [-0.05, 0) is 95.5 Å². The van der Waals surface area contributed by atoms with E-state index >= 15 is 0 Å². The number of hydrogen-bond donors (Lipinski definition) is 0. The Morgan fingerprint density at radius 1 is 0.800 bits per heavy atom. The number of carbonyl (C=O) groups excluding carboxylic acids is 2. The lowest BCUT2D eigenvalue weighted by Crippen LogP contribution is -2.73. The Labute approximate surface area is 282 Å². The molecule has 9 heteroatoms. The van der Waals surface area contributed by atoms with E-state index in [0.29, 0.717) is 44.1 Å². The van der Waals surface area contributed by atoms with E-state index in [1.165, 1.54) is 35.7 Å². The molecule has 5 aliphatic rings. The zero-order chi connectivity index (χ0) is 31.8. The zero-order valence-corrected chi connectivity index (χ0v) is 29.8. The summed E-state index contributed by atoms with van der Waals surface area (Å²) < 4.78 is 8.88. The number of ether oxygens (including phenoxy) is 1. The summed E-state index contributed by atoms with van der Waals surface area (Å²) in [6.07, 6.45) is 1.83. The van der Waals surface area contributed by atoms with Gasteiger partial charge in [0.15, 0.2) is 0 Å². The number of halogens is 2. The van der Waals surface area contributed by atoms with Gasteiger partial charge in [-0.2, -0.15) is 0 Å². The number of amides is 2. The van der Waals surface area contributed by atoms with E-state index in [9.17, 15) is 9.59 Å². The summed E-state index contributed by atoms with van der Waals surface area (Å²) in [6.45, 7) is 13.7. The standard InChI is InChI=1S/C36H38Cl2N2O3S2/c1-18-7-25-28(30-23(18)8-19(2)44-30)21(11-37)13-39(25)32(41)35-15-36(16-35,17-35)33(42)40-14-22(12-38)29-26(40)10-27(43-34(4,5)6)24-9-20(3)45-31(24)29/h7-10,21-22H,11-17H2,1-6H3/t21-,22-,35?,36?/m1/s1. The van der Waals surface area contributed by atoms with E-state index in [-0.39, 0.29) is 29.3 Å². The zero-order valence-electron chi connectivity index (χ0n) is 26.6. The SMILES string of the molecule is Cc1cc2c(C)cc3c(c2s1)[C@H](CCl)CN3C(=O)C12CC(C(=O)N3C[C@@H](CCl)c4c3cc(OC(C)(C)C)c3cc(C)sc43)(C1)C2. The molecule has 236 valence electrons. The van der Waals surface area contributed by atoms with Crippen LogP contribution in [0.1, 0.15) is 78.3 Å². The maximum atomic E-state index is 14.4. The van der Waals surface area contributed by atoms with Crippen molar-refractivity contribution in [1.29, 1.82) is 0 Å². The number of aryl methyl sites for hydroxylation is 3. The molecule has 0 N–H and O–H groups in total. The van der Waals surface area contributed by atoms with E-state index in [4.69, 9.17) is 27.9 Å². The van der Waals surface area contributed by atoms with Crippen LogP contribution in [-0.2, 0) is 9.59 Å². The van der Waals surface area contributed by atoms with Gasteiger partial charge in [0.1, 0.15) is 11.4 Å². The van der Waals surface area contributed by atoms with Crippen molar-refractivity contribution in [2.24, 2.45) is 10.8 Å². The molecule has 2 atom stereocenters. The summed E-state index contributed by atoms with van der Waals surface area (Å²) in [4.78, 5) is 35.2. The van der Waals surface area contributed by atoms with Crippen LogP contribution in [0.15, 0.2) is 24.3 Å². The predicted molar refractivity (Wildman–Crippen MR) is 189 cm³/mol. The smallest absolute Gasteiger partial charge is 0.233 e. The van der Waals surface area contributed by atoms with E-state index in [0.717, 1.165) is 28.1 Å². The van der Waals surface area contributed by atoms with Crippen LogP contribution in [0.4, 0.5) is 11.4 Å². The first-order chi connectivity index (χ1) is 21.3. The molecular formula is C36H38Cl2N2O3S2. The second-order valence-electron chi connectivity index (χ2n) is 15.0. The van der Waals surface area contributed by atoms with E-state index < -0.39 is 10.8 Å². The van der Waals surface area contributed by atoms with Crippen LogP contribution >= 0.6 is 45.9 Å². The molecule has 45 heavy (non-hydrogen) atoms. The van der Waals surface area contributed by atoms with Gasteiger partial charge >= 0.3 is 0 Å². The molecule has 4 heterocycles. The number of alkyl halides is 2. The second kappa shape index (κ2) is 9.85. The number of benzene rings is 2. The normalized spacial score (nSPS) is 26.7. The average molecular weight is 682 g/mol. The van der Waals surface area contributed by atoms with Gasteiger partial charge in [-0.3, -0.25) is 9.59 Å². The first kappa shape index (κ1) is 30.0. The molecule has 0 unspecified atom stereocenters. The fraction of sp³-hybridized carbons (Fsp3) is 0.500. The van der Waals surface area contributed by atoms with Crippen molar-refractivity contribution in [2.45, 2.75) is 78.2 Å². The number of fused-ring (bicyclic) bond motifs is 6. The summed E-state index contributed by atoms with van der Waals surface area (Å²) in [6, 6.07) is 8.67. The first-order valence-electron chi connectivity index (χ1n) is 15.8. The molecule has 2 amide bonds. The highest BCUT2D eigenvalue weighted by atomic mass is 35.5. The molecule has 3 fully saturated rings. The molecule has 5 nitrogen and oxygen atoms in total. The molecule has 3 aliphatic carbocycles. The van der Waals surface area contributed by atoms with Crippen LogP contribution in [0.25, 0.3) is 20.2 Å². The molecular weight excluding hydrogens is 643 g/mol. The highest BCUT2D eigenvalue weighted by Gasteiger charge is 2.76. The molecule has 3 saturated carbocycles. The third kappa shape index (κ3) is 4.22. The van der Waals surface area contributed by atoms with Crippen LogP contribution in [-0.4, -0.2) is 42.3 Å². The minimum absolute atomic E-state index is 0.0624. The largest absolute Gasteiger partial charge is 0.487 e. The number of anilines is 2. The minimum atomic E-state index is -0.487. The molecule has 2 aromatic carbocycles. The molecule has 2 aliphatic heterocycles. The van der Waals surface area contributed by atoms with E-state index in [1.807, 2.05) is 30.6 Å². The van der Waals surface area contributed by atoms with Crippen molar-refractivity contribution in [3.63, 3.8) is 0 Å². The summed E-state index contributed by atoms with van der Waals surface area (Å²) in [5, 5.41) is 2.36. The molecule has 0 radical (unpaired) electrons. The summed E-state index contributed by atoms with van der Waals surface area (Å²) in [7, 11) is 0. The van der Waals surface area contributed by atoms with Gasteiger partial charge < -0.3 is 14.5 Å². The number of nitrogens with zero attached hydrogens (tertiary/aromatic N) is 2. The average Bonchev–Trinajstić information content (AvgIpc) is 3.68. The van der Waals surface area contributed by atoms with Crippen molar-refractivity contribution in [1.82, 2.24) is 0 Å². The van der Waals surface area contributed by atoms with Crippen LogP contribution < -0.4 is 14.5 Å². The quantitative estimate of drug-likeness (QED) is 0.197. The predicted octanol–water partition coefficient (Wildman–Crippen LogP) is 9.43. The molecule has 2 aromatic heterocycles. The molecule has 2 bridgehead atoms. The Morgan fingerprint density at radius 2 is 1.27 bits per heavy atom. The number of carbonyl (C=O) groups is 2. The third-order valence-electron chi connectivity index (χ3n) is 10.5. The first-order valence-corrected chi connectivity index (χ1v) is 18.5. The van der Waals surface area contributed by atoms with E-state index in [1.54, 1.807) is 22.7 Å². The maximum absolute atomic E-state index is 14.4. The van der Waals surface area contributed by atoms with Crippen molar-refractivity contribution in [2.75, 3.05) is 34.6 Å². The highest BCUT2D eigenvalue weighted by molar-refractivity contribution is 7.19. The highest BCUT2D eigenvalue weighted by Crippen LogP contribution is 2.75. The maximum Gasteiger partial charge on any atom is 0.233 e. The Morgan fingerprint density at radius 3 is 1.76 bits per heavy atom. The summed E-state index contributed by atoms with van der Waals surface area (Å²) >= 11 is 16.6. The van der Waals surface area contributed by atoms with E-state index in [2.05, 4.69) is 45.0 Å². The van der Waals surface area contributed by atoms with Gasteiger partial charge in [0.05, 0.1) is 16.5 Å². The van der Waals surface area contributed by atoms with Gasteiger partial charge in [0.2, 0.25) is 11.8 Å². The summed E-state index contributed by atoms with van der Waals surface area (Å²) in [5.74, 6) is 2.21. The van der Waals surface area contributed by atoms with Crippen molar-refractivity contribution >= 4 is 89.2 Å². The Kier molecular flexibility index (Phi) is 6.58. The molecule has 0 spiro atoms. The van der Waals surface area contributed by atoms with Gasteiger partial charge in [-0.15, -0.1) is 45.9 Å². The van der Waals surface area contributed by atoms with Crippen LogP contribution in [0.3, 0.4) is 0 Å². The molecule has 0 saturated heterocycles. The Hall–Kier alpha value is -2.32. The van der Waals surface area contributed by atoms with Gasteiger partial charge in [0.25, 0.3) is 0 Å². The lowest BCUT2D eigenvalue weighted by molar-refractivity contribution is -0.204. The monoisotopic (exact) mass is 680 g/mol. The third-order valence-corrected chi connectivity index (χ3v) is 13.4. The lowest BCUT2D eigenvalue weighted by atomic mass is 9.34. The van der Waals surface area contributed by atoms with Crippen molar-refractivity contribution in [3.8, 4) is 5.75 Å². The van der Waals surface area contributed by atoms with Crippen LogP contribution in [0.2, 0.25) is 0 Å². The molecule has 9 rings (SSSR count). The Bertz CT molecular complexity index is 1930. The number of rotatable bonds is 5. The van der Waals surface area contributed by atoms with Crippen LogP contribution in [0.5, 0.6) is 5.75 Å². The Balaban J connectivity index is 1.09. The lowest BCUT2D eigenvalue weighted by Gasteiger charge is -2.69. The minimum Gasteiger partial charge on any atom is -0.487 e. The van der Waals surface area contributed by atoms with Gasteiger partial charge in [-0.1, -0.05) is 0 Å². The molecule has 4 aromatic rings. The summed E-state index contributed by atoms with van der Waals surface area (Å²) in [5.41, 5.74) is 4.19. The van der Waals surface area contributed by atoms with Crippen LogP contribution in [0, 0.1) is 31.6 Å². The van der Waals surface area contributed by atoms with Crippen molar-refractivity contribution < 1.29 is 14.3 Å². The number of hydrogen-bond acceptors (Lipinski definition) is 5. The fourth-order valence-electron chi connectivity index (χ4n) is 8.70. The topological polar surface area (TPSA) is 49.9 Å². The van der Waals surface area contributed by atoms with Crippen molar-refractivity contribution in [3.05, 3.63) is 50.7 Å². The second-order valence-corrected chi connectivity index (χ2v) is 18.1. The van der Waals surface area contributed by atoms with Gasteiger partial charge in [0, 0.05) is 78.5 Å². The number of thiophene rings is 2.